The van der Waals surface area contributed by atoms with Gasteiger partial charge < -0.3 is 19.1 Å². The molecule has 0 spiro atoms. The second-order valence-electron chi connectivity index (χ2n) is 19.0. The van der Waals surface area contributed by atoms with E-state index in [0.29, 0.717) is 32.2 Å². The minimum Gasteiger partial charge on any atom is -0.466 e. The first-order valence-electron chi connectivity index (χ1n) is 27.6. The third kappa shape index (κ3) is 42.6. The van der Waals surface area contributed by atoms with E-state index in [1.807, 2.05) is 0 Å². The van der Waals surface area contributed by atoms with E-state index in [0.717, 1.165) is 76.5 Å². The zero-order chi connectivity index (χ0) is 44.7. The first-order chi connectivity index (χ1) is 29.9. The second kappa shape index (κ2) is 48.3. The maximum Gasteiger partial charge on any atom is 0.305 e. The first-order valence-corrected chi connectivity index (χ1v) is 27.6. The standard InChI is InChI=1S/C55H109NO5/c1-7-13-27-37-51(38-28-14-8-2)45-49-60-54(57)43-33-25-21-17-19-23-31-41-53(59-48-36-35-47-56(11-5)12-6)42-32-24-20-18-22-26-34-44-55(58)61-50-46-52(39-29-15-9-3)40-30-16-10-4/h51-53H,7-50H2,1-6H3. The third-order valence-corrected chi connectivity index (χ3v) is 13.4. The molecule has 0 aromatic carbocycles. The Morgan fingerprint density at radius 3 is 1.07 bits per heavy atom. The van der Waals surface area contributed by atoms with Crippen molar-refractivity contribution in [3.8, 4) is 0 Å². The molecule has 0 atom stereocenters. The second-order valence-corrected chi connectivity index (χ2v) is 19.0. The fourth-order valence-electron chi connectivity index (χ4n) is 9.01. The van der Waals surface area contributed by atoms with E-state index in [4.69, 9.17) is 14.2 Å². The van der Waals surface area contributed by atoms with E-state index < -0.39 is 0 Å². The molecule has 0 fully saturated rings. The van der Waals surface area contributed by atoms with Crippen LogP contribution in [0, 0.1) is 11.8 Å². The highest BCUT2D eigenvalue weighted by atomic mass is 16.5. The van der Waals surface area contributed by atoms with E-state index in [9.17, 15) is 9.59 Å². The summed E-state index contributed by atoms with van der Waals surface area (Å²) in [6, 6.07) is 0. The molecule has 0 aromatic heterocycles. The van der Waals surface area contributed by atoms with Gasteiger partial charge in [-0.15, -0.1) is 0 Å². The molecule has 6 heteroatoms. The highest BCUT2D eigenvalue weighted by molar-refractivity contribution is 5.69. The number of carbonyl (C=O) groups is 2. The molecule has 0 saturated heterocycles. The van der Waals surface area contributed by atoms with E-state index >= 15 is 0 Å². The van der Waals surface area contributed by atoms with Gasteiger partial charge in [-0.3, -0.25) is 9.59 Å². The van der Waals surface area contributed by atoms with Crippen molar-refractivity contribution in [3.05, 3.63) is 0 Å². The number of hydrogen-bond donors (Lipinski definition) is 0. The highest BCUT2D eigenvalue weighted by Crippen LogP contribution is 2.23. The minimum absolute atomic E-state index is 0.0126. The highest BCUT2D eigenvalue weighted by Gasteiger charge is 2.13. The summed E-state index contributed by atoms with van der Waals surface area (Å²) in [4.78, 5) is 27.3. The van der Waals surface area contributed by atoms with Gasteiger partial charge >= 0.3 is 11.9 Å². The number of ether oxygens (including phenoxy) is 3. The maximum atomic E-state index is 12.4. The fourth-order valence-corrected chi connectivity index (χ4v) is 9.01. The van der Waals surface area contributed by atoms with Crippen LogP contribution in [0.3, 0.4) is 0 Å². The summed E-state index contributed by atoms with van der Waals surface area (Å²) in [5.41, 5.74) is 0. The Labute approximate surface area is 382 Å². The average Bonchev–Trinajstić information content (AvgIpc) is 3.26. The number of esters is 2. The monoisotopic (exact) mass is 864 g/mol. The van der Waals surface area contributed by atoms with Gasteiger partial charge in [-0.2, -0.15) is 0 Å². The molecule has 364 valence electrons. The smallest absolute Gasteiger partial charge is 0.305 e. The van der Waals surface area contributed by atoms with Gasteiger partial charge in [0, 0.05) is 19.4 Å². The Morgan fingerprint density at radius 1 is 0.361 bits per heavy atom. The predicted molar refractivity (Wildman–Crippen MR) is 265 cm³/mol. The Morgan fingerprint density at radius 2 is 0.705 bits per heavy atom. The van der Waals surface area contributed by atoms with Crippen molar-refractivity contribution in [2.75, 3.05) is 39.5 Å². The first kappa shape index (κ1) is 59.9. The summed E-state index contributed by atoms with van der Waals surface area (Å²) < 4.78 is 17.8. The largest absolute Gasteiger partial charge is 0.466 e. The lowest BCUT2D eigenvalue weighted by Crippen LogP contribution is -2.24. The number of hydrogen-bond acceptors (Lipinski definition) is 6. The van der Waals surface area contributed by atoms with Crippen LogP contribution >= 0.6 is 0 Å². The Bertz CT molecular complexity index is 813. The molecular formula is C55H109NO5. The van der Waals surface area contributed by atoms with Crippen molar-refractivity contribution >= 4 is 11.9 Å². The van der Waals surface area contributed by atoms with Crippen molar-refractivity contribution in [2.45, 2.75) is 292 Å². The van der Waals surface area contributed by atoms with Crippen LogP contribution in [-0.4, -0.2) is 62.4 Å². The quantitative estimate of drug-likeness (QED) is 0.0448. The molecule has 0 aliphatic carbocycles. The van der Waals surface area contributed by atoms with Gasteiger partial charge in [0.1, 0.15) is 0 Å². The van der Waals surface area contributed by atoms with E-state index in [2.05, 4.69) is 46.4 Å². The maximum absolute atomic E-state index is 12.4. The Balaban J connectivity index is 4.23. The molecule has 61 heavy (non-hydrogen) atoms. The summed E-state index contributed by atoms with van der Waals surface area (Å²) >= 11 is 0. The summed E-state index contributed by atoms with van der Waals surface area (Å²) in [5, 5.41) is 0. The molecule has 0 aromatic rings. The lowest BCUT2D eigenvalue weighted by atomic mass is 9.92. The molecule has 0 heterocycles. The van der Waals surface area contributed by atoms with Crippen LogP contribution in [0.15, 0.2) is 0 Å². The third-order valence-electron chi connectivity index (χ3n) is 13.4. The van der Waals surface area contributed by atoms with Crippen molar-refractivity contribution in [1.82, 2.24) is 4.90 Å². The molecule has 0 aliphatic heterocycles. The summed E-state index contributed by atoms with van der Waals surface area (Å²) in [6.07, 6.45) is 46.1. The summed E-state index contributed by atoms with van der Waals surface area (Å²) in [5.74, 6) is 1.47. The van der Waals surface area contributed by atoms with Gasteiger partial charge in [0.25, 0.3) is 0 Å². The van der Waals surface area contributed by atoms with Crippen molar-refractivity contribution in [3.63, 3.8) is 0 Å². The van der Waals surface area contributed by atoms with E-state index in [1.165, 1.54) is 193 Å². The molecular weight excluding hydrogens is 755 g/mol. The van der Waals surface area contributed by atoms with Gasteiger partial charge in [0.15, 0.2) is 0 Å². The normalized spacial score (nSPS) is 11.8. The molecule has 0 N–H and O–H groups in total. The van der Waals surface area contributed by atoms with Crippen LogP contribution in [0.25, 0.3) is 0 Å². The van der Waals surface area contributed by atoms with Crippen LogP contribution < -0.4 is 0 Å². The minimum atomic E-state index is 0.0126. The van der Waals surface area contributed by atoms with E-state index in [-0.39, 0.29) is 11.9 Å². The van der Waals surface area contributed by atoms with Gasteiger partial charge in [0.2, 0.25) is 0 Å². The Kier molecular flexibility index (Phi) is 47.4. The molecule has 0 amide bonds. The van der Waals surface area contributed by atoms with Crippen molar-refractivity contribution < 1.29 is 23.8 Å². The van der Waals surface area contributed by atoms with Crippen molar-refractivity contribution in [1.29, 1.82) is 0 Å². The number of rotatable bonds is 50. The van der Waals surface area contributed by atoms with Crippen LogP contribution in [0.5, 0.6) is 0 Å². The molecule has 6 nitrogen and oxygen atoms in total. The topological polar surface area (TPSA) is 65.1 Å². The van der Waals surface area contributed by atoms with Crippen LogP contribution in [0.4, 0.5) is 0 Å². The molecule has 0 radical (unpaired) electrons. The SMILES string of the molecule is CCCCCC(CCCCC)CCOC(=O)CCCCCCCCCC(CCCCCCCCCC(=O)OCCC(CCCCC)CCCCC)OCCCCN(CC)CC. The molecule has 0 saturated carbocycles. The predicted octanol–water partition coefficient (Wildman–Crippen LogP) is 16.9. The Hall–Kier alpha value is -1.14. The van der Waals surface area contributed by atoms with Gasteiger partial charge in [-0.25, -0.2) is 0 Å². The molecule has 0 bridgehead atoms. The molecule has 0 unspecified atom stereocenters. The van der Waals surface area contributed by atoms with Crippen LogP contribution in [-0.2, 0) is 23.8 Å². The van der Waals surface area contributed by atoms with Gasteiger partial charge in [-0.05, 0) is 82.8 Å². The van der Waals surface area contributed by atoms with Crippen LogP contribution in [0.2, 0.25) is 0 Å². The zero-order valence-corrected chi connectivity index (χ0v) is 42.3. The van der Waals surface area contributed by atoms with E-state index in [1.54, 1.807) is 0 Å². The van der Waals surface area contributed by atoms with Gasteiger partial charge in [0.05, 0.1) is 19.3 Å². The number of nitrogens with zero attached hydrogens (tertiary/aromatic N) is 1. The zero-order valence-electron chi connectivity index (χ0n) is 42.3. The lowest BCUT2D eigenvalue weighted by molar-refractivity contribution is -0.145. The molecule has 0 rings (SSSR count). The molecule has 0 aliphatic rings. The van der Waals surface area contributed by atoms with Crippen LogP contribution in [0.1, 0.15) is 286 Å². The summed E-state index contributed by atoms with van der Waals surface area (Å²) in [6.45, 7) is 19.2. The number of carbonyl (C=O) groups excluding carboxylic acids is 2. The number of unbranched alkanes of at least 4 members (excludes halogenated alkanes) is 21. The average molecular weight is 864 g/mol. The fraction of sp³-hybridized carbons (Fsp3) is 0.964. The lowest BCUT2D eigenvalue weighted by Gasteiger charge is -2.20. The summed E-state index contributed by atoms with van der Waals surface area (Å²) in [7, 11) is 0. The van der Waals surface area contributed by atoms with Gasteiger partial charge in [-0.1, -0.05) is 221 Å². The van der Waals surface area contributed by atoms with Crippen molar-refractivity contribution in [2.24, 2.45) is 11.8 Å².